The van der Waals surface area contributed by atoms with Crippen LogP contribution >= 0.6 is 0 Å². The van der Waals surface area contributed by atoms with Crippen molar-refractivity contribution in [3.05, 3.63) is 35.9 Å². The molecule has 0 radical (unpaired) electrons. The fourth-order valence-electron chi connectivity index (χ4n) is 2.41. The van der Waals surface area contributed by atoms with E-state index in [2.05, 4.69) is 22.5 Å². The maximum absolute atomic E-state index is 12.1. The summed E-state index contributed by atoms with van der Waals surface area (Å²) in [6, 6.07) is 10.5. The molecule has 2 rings (SSSR count). The van der Waals surface area contributed by atoms with Gasteiger partial charge in [0.25, 0.3) is 0 Å². The lowest BCUT2D eigenvalue weighted by Crippen LogP contribution is -2.52. The molecule has 19 heavy (non-hydrogen) atoms. The van der Waals surface area contributed by atoms with Crippen LogP contribution in [0.4, 0.5) is 0 Å². The Morgan fingerprint density at radius 1 is 1.47 bits per heavy atom. The number of nitrogens with one attached hydrogen (secondary N) is 2. The maximum Gasteiger partial charge on any atom is 0.234 e. The van der Waals surface area contributed by atoms with Crippen molar-refractivity contribution in [2.24, 2.45) is 0 Å². The van der Waals surface area contributed by atoms with E-state index >= 15 is 0 Å². The Morgan fingerprint density at radius 3 is 2.89 bits per heavy atom. The Kier molecular flexibility index (Phi) is 4.93. The summed E-state index contributed by atoms with van der Waals surface area (Å²) in [4.78, 5) is 14.3. The quantitative estimate of drug-likeness (QED) is 0.855. The molecule has 1 unspecified atom stereocenters. The number of piperazine rings is 1. The summed E-state index contributed by atoms with van der Waals surface area (Å²) in [5.74, 6) is 0.102. The monoisotopic (exact) mass is 261 g/mol. The first-order valence-electron chi connectivity index (χ1n) is 6.96. The van der Waals surface area contributed by atoms with Crippen LogP contribution in [0.3, 0.4) is 0 Å². The third-order valence-electron chi connectivity index (χ3n) is 3.66. The molecule has 1 aliphatic heterocycles. The van der Waals surface area contributed by atoms with E-state index < -0.39 is 0 Å². The molecule has 4 nitrogen and oxygen atoms in total. The smallest absolute Gasteiger partial charge is 0.234 e. The van der Waals surface area contributed by atoms with Crippen molar-refractivity contribution in [3.8, 4) is 0 Å². The lowest BCUT2D eigenvalue weighted by molar-refractivity contribution is -0.123. The second kappa shape index (κ2) is 6.68. The highest BCUT2D eigenvalue weighted by Crippen LogP contribution is 2.11. The van der Waals surface area contributed by atoms with Crippen LogP contribution in [0.2, 0.25) is 0 Å². The molecule has 1 heterocycles. The van der Waals surface area contributed by atoms with E-state index in [1.165, 1.54) is 0 Å². The summed E-state index contributed by atoms with van der Waals surface area (Å²) in [6.07, 6.45) is 0. The van der Waals surface area contributed by atoms with E-state index in [0.717, 1.165) is 25.2 Å². The molecule has 1 saturated heterocycles. The number of carbonyl (C=O) groups excluding carboxylic acids is 1. The molecular formula is C15H23N3O. The Morgan fingerprint density at radius 2 is 2.21 bits per heavy atom. The van der Waals surface area contributed by atoms with Gasteiger partial charge in [-0.25, -0.2) is 0 Å². The molecule has 0 bridgehead atoms. The minimum absolute atomic E-state index is 0.0620. The highest BCUT2D eigenvalue weighted by atomic mass is 16.2. The third kappa shape index (κ3) is 4.04. The first-order chi connectivity index (χ1) is 9.16. The van der Waals surface area contributed by atoms with E-state index in [0.29, 0.717) is 12.6 Å². The number of hydrogen-bond donors (Lipinski definition) is 2. The van der Waals surface area contributed by atoms with Crippen molar-refractivity contribution in [2.75, 3.05) is 26.2 Å². The van der Waals surface area contributed by atoms with Crippen LogP contribution in [-0.2, 0) is 4.79 Å². The second-order valence-corrected chi connectivity index (χ2v) is 5.22. The van der Waals surface area contributed by atoms with Crippen LogP contribution in [0.1, 0.15) is 25.5 Å². The van der Waals surface area contributed by atoms with Crippen molar-refractivity contribution in [3.63, 3.8) is 0 Å². The van der Waals surface area contributed by atoms with Gasteiger partial charge in [-0.05, 0) is 19.4 Å². The van der Waals surface area contributed by atoms with E-state index in [4.69, 9.17) is 0 Å². The molecule has 104 valence electrons. The van der Waals surface area contributed by atoms with Gasteiger partial charge < -0.3 is 10.6 Å². The van der Waals surface area contributed by atoms with Crippen molar-refractivity contribution in [1.29, 1.82) is 0 Å². The normalized spacial score (nSPS) is 21.9. The predicted octanol–water partition coefficient (Wildman–Crippen LogP) is 1.16. The van der Waals surface area contributed by atoms with Crippen molar-refractivity contribution in [1.82, 2.24) is 15.5 Å². The maximum atomic E-state index is 12.1. The molecule has 1 aromatic carbocycles. The van der Waals surface area contributed by atoms with Crippen molar-refractivity contribution < 1.29 is 4.79 Å². The van der Waals surface area contributed by atoms with Gasteiger partial charge in [0.1, 0.15) is 0 Å². The van der Waals surface area contributed by atoms with Crippen molar-refractivity contribution in [2.45, 2.75) is 25.9 Å². The number of hydrogen-bond acceptors (Lipinski definition) is 3. The topological polar surface area (TPSA) is 44.4 Å². The summed E-state index contributed by atoms with van der Waals surface area (Å²) in [5, 5.41) is 6.39. The molecule has 0 aromatic heterocycles. The predicted molar refractivity (Wildman–Crippen MR) is 76.9 cm³/mol. The summed E-state index contributed by atoms with van der Waals surface area (Å²) < 4.78 is 0. The zero-order chi connectivity index (χ0) is 13.7. The molecule has 2 atom stereocenters. The molecule has 1 fully saturated rings. The van der Waals surface area contributed by atoms with E-state index in [1.54, 1.807) is 0 Å². The molecular weight excluding hydrogens is 238 g/mol. The second-order valence-electron chi connectivity index (χ2n) is 5.22. The van der Waals surface area contributed by atoms with Gasteiger partial charge in [0, 0.05) is 25.7 Å². The molecule has 0 saturated carbocycles. The Labute approximate surface area is 115 Å². The van der Waals surface area contributed by atoms with Gasteiger partial charge in [0.15, 0.2) is 0 Å². The van der Waals surface area contributed by atoms with Crippen LogP contribution in [0.25, 0.3) is 0 Å². The van der Waals surface area contributed by atoms with Gasteiger partial charge in [-0.2, -0.15) is 0 Å². The van der Waals surface area contributed by atoms with Gasteiger partial charge in [0.05, 0.1) is 12.6 Å². The van der Waals surface area contributed by atoms with E-state index in [-0.39, 0.29) is 11.9 Å². The van der Waals surface area contributed by atoms with Crippen LogP contribution in [0.5, 0.6) is 0 Å². The highest BCUT2D eigenvalue weighted by molar-refractivity contribution is 5.78. The number of benzene rings is 1. The largest absolute Gasteiger partial charge is 0.348 e. The number of carbonyl (C=O) groups is 1. The lowest BCUT2D eigenvalue weighted by atomic mass is 10.1. The number of nitrogens with zero attached hydrogens (tertiary/aromatic N) is 1. The zero-order valence-corrected chi connectivity index (χ0v) is 11.7. The summed E-state index contributed by atoms with van der Waals surface area (Å²) in [6.45, 7) is 7.52. The van der Waals surface area contributed by atoms with Gasteiger partial charge >= 0.3 is 0 Å². The van der Waals surface area contributed by atoms with Crippen LogP contribution in [0.15, 0.2) is 30.3 Å². The molecule has 0 aliphatic carbocycles. The molecule has 1 aromatic rings. The van der Waals surface area contributed by atoms with Crippen LogP contribution in [-0.4, -0.2) is 43.0 Å². The standard InChI is InChI=1S/C15H23N3O/c1-12-10-16-8-9-18(12)11-15(19)17-13(2)14-6-4-3-5-7-14/h3-7,12-13,16H,8-11H2,1-2H3,(H,17,19)/t12-,13?/m0/s1. The summed E-state index contributed by atoms with van der Waals surface area (Å²) >= 11 is 0. The minimum Gasteiger partial charge on any atom is -0.348 e. The first-order valence-corrected chi connectivity index (χ1v) is 6.96. The van der Waals surface area contributed by atoms with E-state index in [1.807, 2.05) is 37.3 Å². The Balaban J connectivity index is 1.84. The Bertz CT molecular complexity index is 407. The zero-order valence-electron chi connectivity index (χ0n) is 11.7. The molecule has 1 aliphatic rings. The van der Waals surface area contributed by atoms with Crippen LogP contribution in [0, 0.1) is 0 Å². The summed E-state index contributed by atoms with van der Waals surface area (Å²) in [7, 11) is 0. The molecule has 2 N–H and O–H groups in total. The fourth-order valence-corrected chi connectivity index (χ4v) is 2.41. The average Bonchev–Trinajstić information content (AvgIpc) is 2.42. The van der Waals surface area contributed by atoms with Gasteiger partial charge in [0.2, 0.25) is 5.91 Å². The first kappa shape index (κ1) is 14.0. The number of amides is 1. The fraction of sp³-hybridized carbons (Fsp3) is 0.533. The van der Waals surface area contributed by atoms with Gasteiger partial charge in [-0.15, -0.1) is 0 Å². The Hall–Kier alpha value is -1.39. The highest BCUT2D eigenvalue weighted by Gasteiger charge is 2.20. The van der Waals surface area contributed by atoms with Crippen molar-refractivity contribution >= 4 is 5.91 Å². The molecule has 4 heteroatoms. The van der Waals surface area contributed by atoms with Gasteiger partial charge in [-0.3, -0.25) is 9.69 Å². The SMILES string of the molecule is CC(NC(=O)CN1CCNC[C@@H]1C)c1ccccc1. The van der Waals surface area contributed by atoms with Crippen LogP contribution < -0.4 is 10.6 Å². The minimum atomic E-state index is 0.0620. The molecule has 0 spiro atoms. The molecule has 1 amide bonds. The summed E-state index contributed by atoms with van der Waals surface area (Å²) in [5.41, 5.74) is 1.14. The van der Waals surface area contributed by atoms with Gasteiger partial charge in [-0.1, -0.05) is 30.3 Å². The lowest BCUT2D eigenvalue weighted by Gasteiger charge is -2.33. The average molecular weight is 261 g/mol. The van der Waals surface area contributed by atoms with E-state index in [9.17, 15) is 4.79 Å². The third-order valence-corrected chi connectivity index (χ3v) is 3.66. The number of rotatable bonds is 4.